The van der Waals surface area contributed by atoms with Gasteiger partial charge in [-0.25, -0.2) is 0 Å². The molecule has 3 rings (SSSR count). The number of aliphatic carboxylic acids is 1. The van der Waals surface area contributed by atoms with E-state index in [1.54, 1.807) is 21.3 Å². The molecule has 0 radical (unpaired) electrons. The summed E-state index contributed by atoms with van der Waals surface area (Å²) in [5.74, 6) is 0.696. The molecule has 1 fully saturated rings. The Morgan fingerprint density at radius 2 is 1.76 bits per heavy atom. The SMILES string of the molecule is COc1ccc(C(c2ccc(C)cn2)N2CCC(C(=O)O)CC2)c(OC)c1OC. The second kappa shape index (κ2) is 9.13. The lowest BCUT2D eigenvalue weighted by atomic mass is 9.92. The topological polar surface area (TPSA) is 81.1 Å². The van der Waals surface area contributed by atoms with Crippen molar-refractivity contribution in [3.05, 3.63) is 47.3 Å². The molecule has 1 aliphatic rings. The third-order valence-corrected chi connectivity index (χ3v) is 5.49. The molecule has 1 saturated heterocycles. The number of carboxylic acid groups (broad SMARTS) is 1. The minimum atomic E-state index is -0.724. The van der Waals surface area contributed by atoms with Crippen molar-refractivity contribution in [3.63, 3.8) is 0 Å². The van der Waals surface area contributed by atoms with Gasteiger partial charge in [-0.1, -0.05) is 6.07 Å². The van der Waals surface area contributed by atoms with Gasteiger partial charge in [-0.15, -0.1) is 0 Å². The number of carboxylic acids is 1. The maximum atomic E-state index is 11.4. The Kier molecular flexibility index (Phi) is 6.59. The smallest absolute Gasteiger partial charge is 0.306 e. The number of methoxy groups -OCH3 is 3. The van der Waals surface area contributed by atoms with Crippen LogP contribution in [0.5, 0.6) is 17.2 Å². The first kappa shape index (κ1) is 20.9. The van der Waals surface area contributed by atoms with Crippen LogP contribution in [-0.4, -0.2) is 55.4 Å². The van der Waals surface area contributed by atoms with E-state index in [0.29, 0.717) is 43.2 Å². The first-order valence-corrected chi connectivity index (χ1v) is 9.68. The van der Waals surface area contributed by atoms with E-state index in [9.17, 15) is 9.90 Å². The van der Waals surface area contributed by atoms with E-state index < -0.39 is 5.97 Å². The molecule has 7 nitrogen and oxygen atoms in total. The Balaban J connectivity index is 2.07. The molecular weight excluding hydrogens is 372 g/mol. The molecule has 29 heavy (non-hydrogen) atoms. The fraction of sp³-hybridized carbons (Fsp3) is 0.455. The number of carbonyl (C=O) groups is 1. The maximum absolute atomic E-state index is 11.4. The van der Waals surface area contributed by atoms with Crippen molar-refractivity contribution in [1.82, 2.24) is 9.88 Å². The number of benzene rings is 1. The number of piperidine rings is 1. The van der Waals surface area contributed by atoms with E-state index in [2.05, 4.69) is 9.88 Å². The highest BCUT2D eigenvalue weighted by molar-refractivity contribution is 5.70. The van der Waals surface area contributed by atoms with E-state index in [4.69, 9.17) is 14.2 Å². The molecule has 0 saturated carbocycles. The summed E-state index contributed by atoms with van der Waals surface area (Å²) in [4.78, 5) is 18.3. The van der Waals surface area contributed by atoms with Crippen LogP contribution in [0.4, 0.5) is 0 Å². The molecule has 1 aromatic carbocycles. The Morgan fingerprint density at radius 3 is 2.28 bits per heavy atom. The van der Waals surface area contributed by atoms with E-state index in [-0.39, 0.29) is 12.0 Å². The zero-order valence-corrected chi connectivity index (χ0v) is 17.3. The number of aryl methyl sites for hydroxylation is 1. The first-order valence-electron chi connectivity index (χ1n) is 9.68. The third kappa shape index (κ3) is 4.29. The Morgan fingerprint density at radius 1 is 1.07 bits per heavy atom. The minimum absolute atomic E-state index is 0.180. The van der Waals surface area contributed by atoms with Crippen LogP contribution < -0.4 is 14.2 Å². The van der Waals surface area contributed by atoms with Crippen molar-refractivity contribution in [1.29, 1.82) is 0 Å². The fourth-order valence-corrected chi connectivity index (χ4v) is 3.93. The highest BCUT2D eigenvalue weighted by Crippen LogP contribution is 2.45. The minimum Gasteiger partial charge on any atom is -0.493 e. The Bertz CT molecular complexity index is 845. The quantitative estimate of drug-likeness (QED) is 0.764. The third-order valence-electron chi connectivity index (χ3n) is 5.49. The average Bonchev–Trinajstić information content (AvgIpc) is 2.75. The second-order valence-corrected chi connectivity index (χ2v) is 7.23. The van der Waals surface area contributed by atoms with Gasteiger partial charge in [0.2, 0.25) is 5.75 Å². The summed E-state index contributed by atoms with van der Waals surface area (Å²) in [6, 6.07) is 7.70. The van der Waals surface area contributed by atoms with Crippen LogP contribution in [0.2, 0.25) is 0 Å². The molecule has 156 valence electrons. The molecule has 2 aromatic rings. The zero-order valence-electron chi connectivity index (χ0n) is 17.3. The molecule has 0 spiro atoms. The van der Waals surface area contributed by atoms with Crippen LogP contribution in [-0.2, 0) is 4.79 Å². The Hall–Kier alpha value is -2.80. The number of hydrogen-bond acceptors (Lipinski definition) is 6. The van der Waals surface area contributed by atoms with Crippen LogP contribution in [0, 0.1) is 12.8 Å². The van der Waals surface area contributed by atoms with Gasteiger partial charge in [0.1, 0.15) is 0 Å². The van der Waals surface area contributed by atoms with Gasteiger partial charge < -0.3 is 19.3 Å². The van der Waals surface area contributed by atoms with E-state index in [0.717, 1.165) is 16.8 Å². The predicted octanol–water partition coefficient (Wildman–Crippen LogP) is 3.30. The predicted molar refractivity (Wildman–Crippen MR) is 109 cm³/mol. The fourth-order valence-electron chi connectivity index (χ4n) is 3.93. The first-order chi connectivity index (χ1) is 14.0. The molecule has 7 heteroatoms. The molecule has 0 amide bonds. The monoisotopic (exact) mass is 400 g/mol. The summed E-state index contributed by atoms with van der Waals surface area (Å²) in [5, 5.41) is 9.35. The summed E-state index contributed by atoms with van der Waals surface area (Å²) in [6.07, 6.45) is 3.06. The number of nitrogens with zero attached hydrogens (tertiary/aromatic N) is 2. The molecule has 1 aromatic heterocycles. The van der Waals surface area contributed by atoms with Crippen LogP contribution in [0.15, 0.2) is 30.5 Å². The van der Waals surface area contributed by atoms with Gasteiger partial charge in [0.15, 0.2) is 11.5 Å². The van der Waals surface area contributed by atoms with E-state index >= 15 is 0 Å². The lowest BCUT2D eigenvalue weighted by Gasteiger charge is -2.37. The number of aromatic nitrogens is 1. The molecule has 0 bridgehead atoms. The van der Waals surface area contributed by atoms with Crippen LogP contribution in [0.3, 0.4) is 0 Å². The number of rotatable bonds is 7. The van der Waals surface area contributed by atoms with Crippen LogP contribution >= 0.6 is 0 Å². The number of likely N-dealkylation sites (tertiary alicyclic amines) is 1. The van der Waals surface area contributed by atoms with Crippen molar-refractivity contribution in [2.45, 2.75) is 25.8 Å². The van der Waals surface area contributed by atoms with Crippen molar-refractivity contribution in [3.8, 4) is 17.2 Å². The van der Waals surface area contributed by atoms with Gasteiger partial charge in [-0.3, -0.25) is 14.7 Å². The van der Waals surface area contributed by atoms with Crippen molar-refractivity contribution >= 4 is 5.97 Å². The lowest BCUT2D eigenvalue weighted by Crippen LogP contribution is -2.39. The van der Waals surface area contributed by atoms with Crippen molar-refractivity contribution in [2.75, 3.05) is 34.4 Å². The second-order valence-electron chi connectivity index (χ2n) is 7.23. The molecule has 2 heterocycles. The molecule has 1 N–H and O–H groups in total. The largest absolute Gasteiger partial charge is 0.493 e. The van der Waals surface area contributed by atoms with Crippen molar-refractivity contribution < 1.29 is 24.1 Å². The highest BCUT2D eigenvalue weighted by Gasteiger charge is 2.33. The number of hydrogen-bond donors (Lipinski definition) is 1. The van der Waals surface area contributed by atoms with E-state index in [1.807, 2.05) is 37.4 Å². The summed E-state index contributed by atoms with van der Waals surface area (Å²) in [7, 11) is 4.78. The summed E-state index contributed by atoms with van der Waals surface area (Å²) < 4.78 is 16.7. The summed E-state index contributed by atoms with van der Waals surface area (Å²) >= 11 is 0. The molecule has 0 aliphatic carbocycles. The summed E-state index contributed by atoms with van der Waals surface area (Å²) in [5.41, 5.74) is 2.88. The van der Waals surface area contributed by atoms with Gasteiger partial charge in [0.25, 0.3) is 0 Å². The van der Waals surface area contributed by atoms with Gasteiger partial charge in [-0.2, -0.15) is 0 Å². The van der Waals surface area contributed by atoms with Gasteiger partial charge in [0, 0.05) is 11.8 Å². The van der Waals surface area contributed by atoms with Gasteiger partial charge in [-0.05, 0) is 56.6 Å². The van der Waals surface area contributed by atoms with E-state index in [1.165, 1.54) is 0 Å². The van der Waals surface area contributed by atoms with Crippen LogP contribution in [0.25, 0.3) is 0 Å². The molecule has 1 atom stereocenters. The number of pyridine rings is 1. The summed E-state index contributed by atoms with van der Waals surface area (Å²) in [6.45, 7) is 3.32. The standard InChI is InChI=1S/C22H28N2O5/c1-14-5-7-17(23-13-14)19(24-11-9-15(10-12-24)22(25)26)16-6-8-18(27-2)21(29-4)20(16)28-3/h5-8,13,15,19H,9-12H2,1-4H3,(H,25,26). The van der Waals surface area contributed by atoms with Crippen molar-refractivity contribution in [2.24, 2.45) is 5.92 Å². The average molecular weight is 400 g/mol. The lowest BCUT2D eigenvalue weighted by molar-refractivity contribution is -0.143. The molecule has 1 aliphatic heterocycles. The highest BCUT2D eigenvalue weighted by atomic mass is 16.5. The van der Waals surface area contributed by atoms with Crippen LogP contribution in [0.1, 0.15) is 35.7 Å². The van der Waals surface area contributed by atoms with Gasteiger partial charge >= 0.3 is 5.97 Å². The maximum Gasteiger partial charge on any atom is 0.306 e. The molecule has 1 unspecified atom stereocenters. The normalized spacial score (nSPS) is 16.3. The number of ether oxygens (including phenoxy) is 3. The molecular formula is C22H28N2O5. The zero-order chi connectivity index (χ0) is 21.0. The Labute approximate surface area is 171 Å². The van der Waals surface area contributed by atoms with Gasteiger partial charge in [0.05, 0.1) is 39.0 Å².